The second-order valence-corrected chi connectivity index (χ2v) is 8.03. The minimum absolute atomic E-state index is 0.204. The number of carbonyl (C=O) groups excluding carboxylic acids is 2. The number of carbonyl (C=O) groups is 2. The number of piperidine rings is 1. The zero-order valence-electron chi connectivity index (χ0n) is 13.1. The van der Waals surface area contributed by atoms with Gasteiger partial charge in [0.15, 0.2) is 0 Å². The summed E-state index contributed by atoms with van der Waals surface area (Å²) < 4.78 is 26.7. The van der Waals surface area contributed by atoms with Crippen molar-refractivity contribution in [3.63, 3.8) is 0 Å². The molecular formula is C15H19N3O4S. The van der Waals surface area contributed by atoms with Crippen LogP contribution < -0.4 is 5.32 Å². The predicted octanol–water partition coefficient (Wildman–Crippen LogP) is 0.700. The summed E-state index contributed by atoms with van der Waals surface area (Å²) in [5.41, 5.74) is 0.0364. The van der Waals surface area contributed by atoms with Crippen LogP contribution in [0.4, 0.5) is 4.79 Å². The summed E-state index contributed by atoms with van der Waals surface area (Å²) in [7, 11) is -2.14. The molecule has 23 heavy (non-hydrogen) atoms. The van der Waals surface area contributed by atoms with Gasteiger partial charge in [-0.15, -0.1) is 0 Å². The van der Waals surface area contributed by atoms with E-state index in [1.165, 1.54) is 11.4 Å². The van der Waals surface area contributed by atoms with Crippen molar-refractivity contribution in [2.45, 2.75) is 30.2 Å². The first-order valence-electron chi connectivity index (χ1n) is 7.43. The number of nitrogens with zero attached hydrogens (tertiary/aromatic N) is 2. The average Bonchev–Trinajstić information content (AvgIpc) is 2.73. The monoisotopic (exact) mass is 337 g/mol. The second kappa shape index (κ2) is 5.31. The van der Waals surface area contributed by atoms with E-state index in [1.807, 2.05) is 6.92 Å². The molecule has 2 aliphatic rings. The summed E-state index contributed by atoms with van der Waals surface area (Å²) in [6.07, 6.45) is 0.569. The molecule has 2 saturated heterocycles. The summed E-state index contributed by atoms with van der Waals surface area (Å²) in [4.78, 5) is 25.2. The summed E-state index contributed by atoms with van der Waals surface area (Å²) in [5, 5.41) is 2.70. The Morgan fingerprint density at radius 2 is 1.65 bits per heavy atom. The van der Waals surface area contributed by atoms with E-state index in [2.05, 4.69) is 5.32 Å². The van der Waals surface area contributed by atoms with Gasteiger partial charge in [-0.25, -0.2) is 13.2 Å². The average molecular weight is 337 g/mol. The topological polar surface area (TPSA) is 86.8 Å². The van der Waals surface area contributed by atoms with E-state index in [0.29, 0.717) is 0 Å². The summed E-state index contributed by atoms with van der Waals surface area (Å²) in [6.45, 7) is 2.30. The van der Waals surface area contributed by atoms with Gasteiger partial charge in [0.25, 0.3) is 5.91 Å². The first-order valence-corrected chi connectivity index (χ1v) is 8.87. The van der Waals surface area contributed by atoms with Crippen LogP contribution in [0.2, 0.25) is 0 Å². The quantitative estimate of drug-likeness (QED) is 0.805. The Morgan fingerprint density at radius 3 is 2.13 bits per heavy atom. The van der Waals surface area contributed by atoms with Gasteiger partial charge in [-0.1, -0.05) is 17.7 Å². The van der Waals surface area contributed by atoms with E-state index in [4.69, 9.17) is 0 Å². The molecule has 0 bridgehead atoms. The molecule has 0 aromatic heterocycles. The number of urea groups is 1. The lowest BCUT2D eigenvalue weighted by molar-refractivity contribution is -0.131. The first kappa shape index (κ1) is 15.9. The first-order chi connectivity index (χ1) is 10.8. The van der Waals surface area contributed by atoms with Crippen LogP contribution in [0.5, 0.6) is 0 Å². The number of imide groups is 1. The Bertz CT molecular complexity index is 749. The molecule has 2 heterocycles. The molecule has 0 aliphatic carbocycles. The van der Waals surface area contributed by atoms with Crippen molar-refractivity contribution in [3.8, 4) is 0 Å². The number of nitrogens with one attached hydrogen (secondary N) is 1. The highest BCUT2D eigenvalue weighted by Crippen LogP contribution is 2.31. The van der Waals surface area contributed by atoms with Crippen LogP contribution in [-0.4, -0.2) is 55.2 Å². The molecular weight excluding hydrogens is 318 g/mol. The molecule has 124 valence electrons. The fourth-order valence-electron chi connectivity index (χ4n) is 3.06. The lowest BCUT2D eigenvalue weighted by Gasteiger charge is -2.36. The lowest BCUT2D eigenvalue weighted by Crippen LogP contribution is -2.55. The largest absolute Gasteiger partial charge is 0.324 e. The van der Waals surface area contributed by atoms with E-state index >= 15 is 0 Å². The molecule has 1 aromatic carbocycles. The molecule has 8 heteroatoms. The summed E-state index contributed by atoms with van der Waals surface area (Å²) >= 11 is 0. The molecule has 2 aliphatic heterocycles. The molecule has 0 atom stereocenters. The van der Waals surface area contributed by atoms with Gasteiger partial charge in [-0.05, 0) is 31.9 Å². The molecule has 1 N–H and O–H groups in total. The Kier molecular flexibility index (Phi) is 3.68. The maximum Gasteiger partial charge on any atom is 0.324 e. The fraction of sp³-hybridized carbons (Fsp3) is 0.467. The molecule has 0 radical (unpaired) electrons. The highest BCUT2D eigenvalue weighted by Gasteiger charge is 2.52. The van der Waals surface area contributed by atoms with E-state index in [1.54, 1.807) is 24.3 Å². The maximum absolute atomic E-state index is 12.7. The third kappa shape index (κ3) is 2.51. The van der Waals surface area contributed by atoms with E-state index < -0.39 is 21.6 Å². The number of aryl methyl sites for hydroxylation is 1. The van der Waals surface area contributed by atoms with E-state index in [0.717, 1.165) is 10.5 Å². The van der Waals surface area contributed by atoms with Crippen molar-refractivity contribution in [1.29, 1.82) is 0 Å². The van der Waals surface area contributed by atoms with Crippen molar-refractivity contribution in [2.24, 2.45) is 0 Å². The van der Waals surface area contributed by atoms with Crippen LogP contribution in [-0.2, 0) is 14.8 Å². The van der Waals surface area contributed by atoms with Gasteiger partial charge in [-0.3, -0.25) is 9.69 Å². The maximum atomic E-state index is 12.7. The number of hydrogen-bond acceptors (Lipinski definition) is 4. The van der Waals surface area contributed by atoms with Gasteiger partial charge in [0.2, 0.25) is 10.0 Å². The lowest BCUT2D eigenvalue weighted by atomic mass is 9.88. The van der Waals surface area contributed by atoms with Crippen molar-refractivity contribution in [1.82, 2.24) is 14.5 Å². The Hall–Kier alpha value is -1.93. The number of hydrogen-bond donors (Lipinski definition) is 1. The summed E-state index contributed by atoms with van der Waals surface area (Å²) in [6, 6.07) is 6.27. The van der Waals surface area contributed by atoms with Gasteiger partial charge in [-0.2, -0.15) is 4.31 Å². The van der Waals surface area contributed by atoms with Gasteiger partial charge in [0, 0.05) is 20.1 Å². The molecule has 2 fully saturated rings. The molecule has 3 amide bonds. The predicted molar refractivity (Wildman–Crippen MR) is 83.2 cm³/mol. The molecule has 3 rings (SSSR count). The van der Waals surface area contributed by atoms with Gasteiger partial charge in [0.05, 0.1) is 4.90 Å². The van der Waals surface area contributed by atoms with Crippen molar-refractivity contribution >= 4 is 22.0 Å². The minimum Gasteiger partial charge on any atom is -0.323 e. The van der Waals surface area contributed by atoms with Gasteiger partial charge >= 0.3 is 6.03 Å². The fourth-order valence-corrected chi connectivity index (χ4v) is 4.50. The van der Waals surface area contributed by atoms with E-state index in [9.17, 15) is 18.0 Å². The van der Waals surface area contributed by atoms with Crippen LogP contribution in [0, 0.1) is 6.92 Å². The number of benzene rings is 1. The number of sulfonamides is 1. The Morgan fingerprint density at radius 1 is 1.09 bits per heavy atom. The zero-order chi connectivity index (χ0) is 16.8. The Labute approximate surface area is 135 Å². The molecule has 1 aromatic rings. The molecule has 7 nitrogen and oxygen atoms in total. The number of amides is 3. The smallest absolute Gasteiger partial charge is 0.323 e. The highest BCUT2D eigenvalue weighted by atomic mass is 32.2. The molecule has 0 saturated carbocycles. The van der Waals surface area contributed by atoms with Crippen molar-refractivity contribution in [3.05, 3.63) is 29.8 Å². The highest BCUT2D eigenvalue weighted by molar-refractivity contribution is 7.89. The van der Waals surface area contributed by atoms with Gasteiger partial charge in [0.1, 0.15) is 5.54 Å². The zero-order valence-corrected chi connectivity index (χ0v) is 13.9. The van der Waals surface area contributed by atoms with Crippen LogP contribution in [0.3, 0.4) is 0 Å². The number of rotatable bonds is 2. The van der Waals surface area contributed by atoms with E-state index in [-0.39, 0.29) is 36.7 Å². The Balaban J connectivity index is 1.78. The third-order valence-corrected chi connectivity index (χ3v) is 6.51. The van der Waals surface area contributed by atoms with Crippen molar-refractivity contribution in [2.75, 3.05) is 20.1 Å². The van der Waals surface area contributed by atoms with Crippen molar-refractivity contribution < 1.29 is 18.0 Å². The number of likely N-dealkylation sites (N-methyl/N-ethyl adjacent to an activating group) is 1. The molecule has 0 unspecified atom stereocenters. The van der Waals surface area contributed by atoms with Crippen LogP contribution >= 0.6 is 0 Å². The van der Waals surface area contributed by atoms with Crippen LogP contribution in [0.25, 0.3) is 0 Å². The standard InChI is InChI=1S/C15H19N3O4S/c1-11-3-5-12(6-4-11)23(21,22)18-9-7-15(8-10-18)13(19)17(2)14(20)16-15/h3-6H,7-10H2,1-2H3,(H,16,20). The normalized spacial score (nSPS) is 21.7. The third-order valence-electron chi connectivity index (χ3n) is 4.60. The second-order valence-electron chi connectivity index (χ2n) is 6.09. The molecule has 1 spiro atoms. The SMILES string of the molecule is Cc1ccc(S(=O)(=O)N2CCC3(CC2)NC(=O)N(C)C3=O)cc1. The summed E-state index contributed by atoms with van der Waals surface area (Å²) in [5.74, 6) is -0.283. The minimum atomic E-state index is -3.57. The van der Waals surface area contributed by atoms with Gasteiger partial charge < -0.3 is 5.32 Å². The van der Waals surface area contributed by atoms with Crippen LogP contribution in [0.15, 0.2) is 29.2 Å². The van der Waals surface area contributed by atoms with Crippen LogP contribution in [0.1, 0.15) is 18.4 Å².